The molecule has 0 spiro atoms. The lowest BCUT2D eigenvalue weighted by atomic mass is 10.1. The second-order valence-electron chi connectivity index (χ2n) is 6.91. The van der Waals surface area contributed by atoms with Gasteiger partial charge in [-0.05, 0) is 55.0 Å². The molecule has 0 fully saturated rings. The van der Waals surface area contributed by atoms with E-state index < -0.39 is 10.0 Å². The molecule has 0 aliphatic heterocycles. The number of carbonyl (C=O) groups excluding carboxylic acids is 1. The predicted molar refractivity (Wildman–Crippen MR) is 120 cm³/mol. The number of sulfonamides is 1. The van der Waals surface area contributed by atoms with Gasteiger partial charge in [-0.2, -0.15) is 4.31 Å². The second kappa shape index (κ2) is 9.43. The standard InChI is InChI=1S/C23H23ClN2O3S/c1-3-26(30(28,29)22-13-7-17(2)8-14-22)16-18-9-11-19(12-10-18)23(27)25-21-6-4-5-20(24)15-21/h4-15H,3,16H2,1-2H3,(H,25,27). The van der Waals surface area contributed by atoms with Gasteiger partial charge in [-0.1, -0.05) is 54.4 Å². The van der Waals surface area contributed by atoms with Gasteiger partial charge in [0.2, 0.25) is 10.0 Å². The highest BCUT2D eigenvalue weighted by Crippen LogP contribution is 2.20. The van der Waals surface area contributed by atoms with Crippen LogP contribution in [0.1, 0.15) is 28.4 Å². The monoisotopic (exact) mass is 442 g/mol. The summed E-state index contributed by atoms with van der Waals surface area (Å²) >= 11 is 5.94. The largest absolute Gasteiger partial charge is 0.322 e. The molecule has 0 atom stereocenters. The Balaban J connectivity index is 1.72. The third-order valence-corrected chi connectivity index (χ3v) is 6.84. The molecule has 0 aromatic heterocycles. The van der Waals surface area contributed by atoms with E-state index in [0.717, 1.165) is 11.1 Å². The lowest BCUT2D eigenvalue weighted by Gasteiger charge is -2.21. The van der Waals surface area contributed by atoms with Crippen molar-refractivity contribution in [1.82, 2.24) is 4.31 Å². The third kappa shape index (κ3) is 5.27. The summed E-state index contributed by atoms with van der Waals surface area (Å²) in [6.07, 6.45) is 0. The van der Waals surface area contributed by atoms with E-state index in [1.807, 2.05) is 6.92 Å². The lowest BCUT2D eigenvalue weighted by molar-refractivity contribution is 0.102. The van der Waals surface area contributed by atoms with E-state index in [4.69, 9.17) is 11.6 Å². The molecular weight excluding hydrogens is 420 g/mol. The Kier molecular flexibility index (Phi) is 6.92. The molecule has 1 amide bonds. The third-order valence-electron chi connectivity index (χ3n) is 4.67. The van der Waals surface area contributed by atoms with Crippen molar-refractivity contribution in [3.8, 4) is 0 Å². The van der Waals surface area contributed by atoms with Crippen molar-refractivity contribution >= 4 is 33.2 Å². The Bertz CT molecular complexity index is 1130. The fourth-order valence-electron chi connectivity index (χ4n) is 2.96. The number of halogens is 1. The molecule has 0 saturated heterocycles. The van der Waals surface area contributed by atoms with Crippen molar-refractivity contribution in [2.75, 3.05) is 11.9 Å². The van der Waals surface area contributed by atoms with Gasteiger partial charge in [0, 0.05) is 29.4 Å². The van der Waals surface area contributed by atoms with Gasteiger partial charge in [-0.3, -0.25) is 4.79 Å². The van der Waals surface area contributed by atoms with Crippen LogP contribution in [-0.2, 0) is 16.6 Å². The first-order valence-corrected chi connectivity index (χ1v) is 11.3. The SMILES string of the molecule is CCN(Cc1ccc(C(=O)Nc2cccc(Cl)c2)cc1)S(=O)(=O)c1ccc(C)cc1. The highest BCUT2D eigenvalue weighted by molar-refractivity contribution is 7.89. The number of hydrogen-bond acceptors (Lipinski definition) is 3. The average molecular weight is 443 g/mol. The maximum absolute atomic E-state index is 12.9. The molecule has 0 aliphatic carbocycles. The molecule has 3 aromatic carbocycles. The van der Waals surface area contributed by atoms with Crippen molar-refractivity contribution < 1.29 is 13.2 Å². The van der Waals surface area contributed by atoms with Crippen LogP contribution in [0.4, 0.5) is 5.69 Å². The van der Waals surface area contributed by atoms with E-state index in [0.29, 0.717) is 22.8 Å². The van der Waals surface area contributed by atoms with Gasteiger partial charge in [-0.25, -0.2) is 8.42 Å². The minimum absolute atomic E-state index is 0.225. The van der Waals surface area contributed by atoms with E-state index in [1.165, 1.54) is 4.31 Å². The second-order valence-corrected chi connectivity index (χ2v) is 9.28. The van der Waals surface area contributed by atoms with Gasteiger partial charge in [0.1, 0.15) is 0 Å². The zero-order valence-electron chi connectivity index (χ0n) is 16.8. The first-order valence-electron chi connectivity index (χ1n) is 9.52. The summed E-state index contributed by atoms with van der Waals surface area (Å²) in [4.78, 5) is 12.7. The summed E-state index contributed by atoms with van der Waals surface area (Å²) in [6.45, 7) is 4.28. The average Bonchev–Trinajstić information content (AvgIpc) is 2.72. The van der Waals surface area contributed by atoms with Crippen molar-refractivity contribution in [3.63, 3.8) is 0 Å². The minimum atomic E-state index is -3.60. The molecule has 0 bridgehead atoms. The highest BCUT2D eigenvalue weighted by Gasteiger charge is 2.23. The Morgan fingerprint density at radius 2 is 1.67 bits per heavy atom. The molecular formula is C23H23ClN2O3S. The van der Waals surface area contributed by atoms with Gasteiger partial charge in [0.25, 0.3) is 5.91 Å². The van der Waals surface area contributed by atoms with Crippen molar-refractivity contribution in [2.24, 2.45) is 0 Å². The maximum atomic E-state index is 12.9. The molecule has 0 saturated carbocycles. The topological polar surface area (TPSA) is 66.5 Å². The summed E-state index contributed by atoms with van der Waals surface area (Å²) in [5.74, 6) is -0.261. The minimum Gasteiger partial charge on any atom is -0.322 e. The molecule has 30 heavy (non-hydrogen) atoms. The zero-order valence-corrected chi connectivity index (χ0v) is 18.4. The summed E-state index contributed by atoms with van der Waals surface area (Å²) in [5, 5.41) is 3.33. The number of benzene rings is 3. The zero-order chi connectivity index (χ0) is 21.7. The number of nitrogens with zero attached hydrogens (tertiary/aromatic N) is 1. The quantitative estimate of drug-likeness (QED) is 0.552. The Hall–Kier alpha value is -2.67. The molecule has 3 aromatic rings. The highest BCUT2D eigenvalue weighted by atomic mass is 35.5. The molecule has 0 radical (unpaired) electrons. The van der Waals surface area contributed by atoms with Crippen molar-refractivity contribution in [1.29, 1.82) is 0 Å². The van der Waals surface area contributed by atoms with Crippen LogP contribution < -0.4 is 5.32 Å². The summed E-state index contributed by atoms with van der Waals surface area (Å²) < 4.78 is 27.3. The first kappa shape index (κ1) is 22.0. The summed E-state index contributed by atoms with van der Waals surface area (Å²) in [7, 11) is -3.60. The van der Waals surface area contributed by atoms with E-state index >= 15 is 0 Å². The molecule has 156 valence electrons. The molecule has 1 N–H and O–H groups in total. The Morgan fingerprint density at radius 1 is 1.00 bits per heavy atom. The fourth-order valence-corrected chi connectivity index (χ4v) is 4.59. The number of nitrogens with one attached hydrogen (secondary N) is 1. The van der Waals surface area contributed by atoms with Gasteiger partial charge in [0.15, 0.2) is 0 Å². The predicted octanol–water partition coefficient (Wildman–Crippen LogP) is 5.11. The molecule has 0 heterocycles. The Labute approximate surface area is 182 Å². The Morgan fingerprint density at radius 3 is 2.27 bits per heavy atom. The number of aryl methyl sites for hydroxylation is 1. The number of rotatable bonds is 7. The van der Waals surface area contributed by atoms with Gasteiger partial charge >= 0.3 is 0 Å². The van der Waals surface area contributed by atoms with Crippen LogP contribution in [0.5, 0.6) is 0 Å². The smallest absolute Gasteiger partial charge is 0.255 e. The van der Waals surface area contributed by atoms with E-state index in [2.05, 4.69) is 5.32 Å². The molecule has 7 heteroatoms. The summed E-state index contributed by atoms with van der Waals surface area (Å²) in [6, 6.07) is 20.6. The molecule has 0 unspecified atom stereocenters. The van der Waals surface area contributed by atoms with Crippen LogP contribution in [0.3, 0.4) is 0 Å². The number of hydrogen-bond donors (Lipinski definition) is 1. The van der Waals surface area contributed by atoms with Crippen LogP contribution in [0, 0.1) is 6.92 Å². The number of anilines is 1. The number of amides is 1. The fraction of sp³-hybridized carbons (Fsp3) is 0.174. The van der Waals surface area contributed by atoms with Crippen LogP contribution in [0.15, 0.2) is 77.7 Å². The van der Waals surface area contributed by atoms with Crippen LogP contribution in [0.2, 0.25) is 5.02 Å². The van der Waals surface area contributed by atoms with Gasteiger partial charge in [0.05, 0.1) is 4.90 Å². The normalized spacial score (nSPS) is 11.5. The molecule has 3 rings (SSSR count). The lowest BCUT2D eigenvalue weighted by Crippen LogP contribution is -2.30. The molecule has 5 nitrogen and oxygen atoms in total. The van der Waals surface area contributed by atoms with E-state index in [-0.39, 0.29) is 17.3 Å². The first-order chi connectivity index (χ1) is 14.3. The van der Waals surface area contributed by atoms with Crippen LogP contribution >= 0.6 is 11.6 Å². The molecule has 0 aliphatic rings. The van der Waals surface area contributed by atoms with Gasteiger partial charge in [-0.15, -0.1) is 0 Å². The van der Waals surface area contributed by atoms with Crippen molar-refractivity contribution in [2.45, 2.75) is 25.3 Å². The van der Waals surface area contributed by atoms with Crippen LogP contribution in [0.25, 0.3) is 0 Å². The summed E-state index contributed by atoms with van der Waals surface area (Å²) in [5.41, 5.74) is 2.89. The van der Waals surface area contributed by atoms with E-state index in [1.54, 1.807) is 79.7 Å². The number of carbonyl (C=O) groups is 1. The van der Waals surface area contributed by atoms with Crippen LogP contribution in [-0.4, -0.2) is 25.2 Å². The van der Waals surface area contributed by atoms with E-state index in [9.17, 15) is 13.2 Å². The maximum Gasteiger partial charge on any atom is 0.255 e. The van der Waals surface area contributed by atoms with Crippen molar-refractivity contribution in [3.05, 3.63) is 94.5 Å². The van der Waals surface area contributed by atoms with Gasteiger partial charge < -0.3 is 5.32 Å².